The lowest BCUT2D eigenvalue weighted by atomic mass is 10.0. The van der Waals surface area contributed by atoms with Gasteiger partial charge in [0.2, 0.25) is 0 Å². The molecule has 2 rings (SSSR count). The zero-order chi connectivity index (χ0) is 16.2. The van der Waals surface area contributed by atoms with E-state index in [9.17, 15) is 18.3 Å². The summed E-state index contributed by atoms with van der Waals surface area (Å²) in [5.41, 5.74) is -0.528. The number of hydrogen-bond donors (Lipinski definition) is 1. The Bertz CT molecular complexity index is 481. The molecule has 22 heavy (non-hydrogen) atoms. The van der Waals surface area contributed by atoms with Crippen LogP contribution in [-0.4, -0.2) is 56.1 Å². The number of methoxy groups -OCH3 is 1. The number of ether oxygens (including phenoxy) is 2. The second-order valence-electron chi connectivity index (χ2n) is 5.31. The first-order valence-corrected chi connectivity index (χ1v) is 7.09. The van der Waals surface area contributed by atoms with Crippen molar-refractivity contribution in [1.29, 1.82) is 0 Å². The van der Waals surface area contributed by atoms with Crippen molar-refractivity contribution in [1.82, 2.24) is 4.90 Å². The second-order valence-corrected chi connectivity index (χ2v) is 5.31. The van der Waals surface area contributed by atoms with E-state index < -0.39 is 23.9 Å². The number of morpholine rings is 1. The first-order chi connectivity index (χ1) is 10.4. The lowest BCUT2D eigenvalue weighted by Gasteiger charge is -2.35. The van der Waals surface area contributed by atoms with Gasteiger partial charge in [-0.15, -0.1) is 0 Å². The number of aliphatic hydroxyl groups excluding tert-OH is 1. The number of hydrogen-bond acceptors (Lipinski definition) is 4. The molecule has 1 aromatic carbocycles. The number of aliphatic hydroxyl groups is 1. The highest BCUT2D eigenvalue weighted by molar-refractivity contribution is 5.32. The maximum Gasteiger partial charge on any atom is 0.416 e. The van der Waals surface area contributed by atoms with Gasteiger partial charge in [0.05, 0.1) is 31.0 Å². The normalized spacial score (nSPS) is 21.8. The van der Waals surface area contributed by atoms with Gasteiger partial charge in [0, 0.05) is 26.7 Å². The van der Waals surface area contributed by atoms with Gasteiger partial charge >= 0.3 is 6.18 Å². The Hall–Kier alpha value is -1.15. The Balaban J connectivity index is 2.10. The molecule has 1 fully saturated rings. The molecule has 0 radical (unpaired) electrons. The summed E-state index contributed by atoms with van der Waals surface area (Å²) in [5.74, 6) is 0. The summed E-state index contributed by atoms with van der Waals surface area (Å²) < 4.78 is 49.6. The maximum absolute atomic E-state index is 13.1. The highest BCUT2D eigenvalue weighted by Crippen LogP contribution is 2.36. The van der Waals surface area contributed by atoms with E-state index in [2.05, 4.69) is 0 Å². The lowest BCUT2D eigenvalue weighted by Crippen LogP contribution is -2.43. The summed E-state index contributed by atoms with van der Waals surface area (Å²) in [6.45, 7) is 1.76. The fraction of sp³-hybridized carbons (Fsp3) is 0.600. The molecular weight excluding hydrogens is 299 g/mol. The third-order valence-electron chi connectivity index (χ3n) is 3.59. The minimum Gasteiger partial charge on any atom is -0.389 e. The van der Waals surface area contributed by atoms with Gasteiger partial charge < -0.3 is 14.6 Å². The molecule has 1 aliphatic rings. The zero-order valence-corrected chi connectivity index (χ0v) is 12.3. The minimum atomic E-state index is -4.40. The number of halogens is 3. The largest absolute Gasteiger partial charge is 0.416 e. The van der Waals surface area contributed by atoms with Crippen LogP contribution in [0.15, 0.2) is 24.3 Å². The Morgan fingerprint density at radius 1 is 1.41 bits per heavy atom. The van der Waals surface area contributed by atoms with E-state index in [1.807, 2.05) is 4.90 Å². The first-order valence-electron chi connectivity index (χ1n) is 7.09. The molecule has 0 aliphatic carbocycles. The number of alkyl halides is 3. The van der Waals surface area contributed by atoms with E-state index in [1.54, 1.807) is 6.07 Å². The van der Waals surface area contributed by atoms with Crippen LogP contribution in [0.1, 0.15) is 17.2 Å². The van der Waals surface area contributed by atoms with Crippen molar-refractivity contribution in [3.05, 3.63) is 35.4 Å². The highest BCUT2D eigenvalue weighted by atomic mass is 19.4. The van der Waals surface area contributed by atoms with Gasteiger partial charge in [-0.05, 0) is 11.6 Å². The van der Waals surface area contributed by atoms with Crippen LogP contribution in [0, 0.1) is 0 Å². The Kier molecular flexibility index (Phi) is 5.80. The molecule has 0 saturated carbocycles. The van der Waals surface area contributed by atoms with Gasteiger partial charge in [-0.1, -0.05) is 18.2 Å². The van der Waals surface area contributed by atoms with Crippen molar-refractivity contribution in [2.75, 3.05) is 40.0 Å². The van der Waals surface area contributed by atoms with Crippen LogP contribution in [0.3, 0.4) is 0 Å². The van der Waals surface area contributed by atoms with E-state index in [-0.39, 0.29) is 12.2 Å². The molecule has 1 aliphatic heterocycles. The predicted octanol–water partition coefficient (Wildman–Crippen LogP) is 2.09. The van der Waals surface area contributed by atoms with Crippen molar-refractivity contribution in [2.45, 2.75) is 18.4 Å². The van der Waals surface area contributed by atoms with Crippen molar-refractivity contribution < 1.29 is 27.8 Å². The second kappa shape index (κ2) is 7.41. The Morgan fingerprint density at radius 3 is 2.82 bits per heavy atom. The number of benzene rings is 1. The molecule has 0 bridgehead atoms. The maximum atomic E-state index is 13.1. The summed E-state index contributed by atoms with van der Waals surface area (Å²) in [4.78, 5) is 1.89. The molecule has 0 aromatic heterocycles. The highest BCUT2D eigenvalue weighted by Gasteiger charge is 2.36. The van der Waals surface area contributed by atoms with Gasteiger partial charge in [-0.25, -0.2) is 0 Å². The Labute approximate surface area is 127 Å². The third-order valence-corrected chi connectivity index (χ3v) is 3.59. The number of rotatable bonds is 5. The fourth-order valence-electron chi connectivity index (χ4n) is 2.64. The summed E-state index contributed by atoms with van der Waals surface area (Å²) in [5, 5.41) is 9.75. The molecule has 1 heterocycles. The molecule has 1 N–H and O–H groups in total. The molecule has 7 heteroatoms. The van der Waals surface area contributed by atoms with Crippen molar-refractivity contribution in [3.63, 3.8) is 0 Å². The molecule has 0 spiro atoms. The Morgan fingerprint density at radius 2 is 2.14 bits per heavy atom. The van der Waals surface area contributed by atoms with E-state index in [1.165, 1.54) is 19.2 Å². The van der Waals surface area contributed by atoms with Crippen LogP contribution in [0.25, 0.3) is 0 Å². The van der Waals surface area contributed by atoms with Gasteiger partial charge in [0.1, 0.15) is 0 Å². The number of β-amino-alcohol motifs (C(OH)–C–C–N with tert-alkyl or cyclic N) is 1. The SMILES string of the molecule is COC[C@H](O)CN1CCOC(c2ccccc2C(F)(F)F)C1. The summed E-state index contributed by atoms with van der Waals surface area (Å²) in [7, 11) is 1.49. The average Bonchev–Trinajstić information content (AvgIpc) is 2.47. The predicted molar refractivity (Wildman–Crippen MR) is 74.5 cm³/mol. The van der Waals surface area contributed by atoms with Crippen LogP contribution < -0.4 is 0 Å². The smallest absolute Gasteiger partial charge is 0.389 e. The number of nitrogens with zero attached hydrogens (tertiary/aromatic N) is 1. The van der Waals surface area contributed by atoms with Gasteiger partial charge in [0.25, 0.3) is 0 Å². The van der Waals surface area contributed by atoms with Crippen LogP contribution in [0.2, 0.25) is 0 Å². The van der Waals surface area contributed by atoms with Gasteiger partial charge in [-0.2, -0.15) is 13.2 Å². The van der Waals surface area contributed by atoms with Gasteiger partial charge in [0.15, 0.2) is 0 Å². The van der Waals surface area contributed by atoms with Crippen LogP contribution in [0.4, 0.5) is 13.2 Å². The van der Waals surface area contributed by atoms with E-state index in [4.69, 9.17) is 9.47 Å². The van der Waals surface area contributed by atoms with Crippen molar-refractivity contribution in [3.8, 4) is 0 Å². The summed E-state index contributed by atoms with van der Waals surface area (Å²) in [6.07, 6.45) is -5.72. The monoisotopic (exact) mass is 319 g/mol. The molecule has 2 atom stereocenters. The van der Waals surface area contributed by atoms with Crippen molar-refractivity contribution in [2.24, 2.45) is 0 Å². The summed E-state index contributed by atoms with van der Waals surface area (Å²) in [6, 6.07) is 5.46. The molecule has 124 valence electrons. The van der Waals surface area contributed by atoms with E-state index >= 15 is 0 Å². The van der Waals surface area contributed by atoms with Crippen molar-refractivity contribution >= 4 is 0 Å². The van der Waals surface area contributed by atoms with E-state index in [0.29, 0.717) is 26.2 Å². The zero-order valence-electron chi connectivity index (χ0n) is 12.3. The van der Waals surface area contributed by atoms with Gasteiger partial charge in [-0.3, -0.25) is 4.90 Å². The molecule has 0 amide bonds. The lowest BCUT2D eigenvalue weighted by molar-refractivity contribution is -0.140. The minimum absolute atomic E-state index is 0.140. The molecule has 1 unspecified atom stereocenters. The van der Waals surface area contributed by atoms with E-state index in [0.717, 1.165) is 6.07 Å². The average molecular weight is 319 g/mol. The molecule has 1 saturated heterocycles. The molecule has 4 nitrogen and oxygen atoms in total. The fourth-order valence-corrected chi connectivity index (χ4v) is 2.64. The topological polar surface area (TPSA) is 41.9 Å². The molecule has 1 aromatic rings. The standard InChI is InChI=1S/C15H20F3NO3/c1-21-10-11(20)8-19-6-7-22-14(9-19)12-4-2-3-5-13(12)15(16,17)18/h2-5,11,14,20H,6-10H2,1H3/t11-,14?/m1/s1. The summed E-state index contributed by atoms with van der Waals surface area (Å²) >= 11 is 0. The third kappa shape index (κ3) is 4.42. The van der Waals surface area contributed by atoms with Crippen LogP contribution >= 0.6 is 0 Å². The quantitative estimate of drug-likeness (QED) is 0.902. The van der Waals surface area contributed by atoms with Crippen LogP contribution in [0.5, 0.6) is 0 Å². The van der Waals surface area contributed by atoms with Crippen LogP contribution in [-0.2, 0) is 15.7 Å². The first kappa shape index (κ1) is 17.2. The molecular formula is C15H20F3NO3.